The molecule has 0 radical (unpaired) electrons. The predicted molar refractivity (Wildman–Crippen MR) is 59.6 cm³/mol. The van der Waals surface area contributed by atoms with Crippen LogP contribution in [0.1, 0.15) is 43.5 Å². The van der Waals surface area contributed by atoms with Crippen LogP contribution in [0.5, 0.6) is 0 Å². The molecule has 1 N–H and O–H groups in total. The monoisotopic (exact) mass is 208 g/mol. The molecule has 1 aromatic heterocycles. The first kappa shape index (κ1) is 10.7. The molecular weight excluding hydrogens is 188 g/mol. The molecule has 2 rings (SSSR count). The molecule has 1 saturated carbocycles. The van der Waals surface area contributed by atoms with Gasteiger partial charge in [-0.3, -0.25) is 0 Å². The van der Waals surface area contributed by atoms with Gasteiger partial charge in [0.2, 0.25) is 5.89 Å². The Kier molecular flexibility index (Phi) is 3.10. The molecule has 3 heteroatoms. The van der Waals surface area contributed by atoms with Crippen molar-refractivity contribution in [3.05, 3.63) is 17.3 Å². The molecule has 2 unspecified atom stereocenters. The number of nitrogens with zero attached hydrogens (tertiary/aromatic N) is 1. The van der Waals surface area contributed by atoms with Crippen molar-refractivity contribution in [3.8, 4) is 0 Å². The highest BCUT2D eigenvalue weighted by Gasteiger charge is 2.35. The Morgan fingerprint density at radius 3 is 2.87 bits per heavy atom. The average Bonchev–Trinajstić information content (AvgIpc) is 2.85. The third-order valence-electron chi connectivity index (χ3n) is 3.17. The van der Waals surface area contributed by atoms with Crippen molar-refractivity contribution in [1.29, 1.82) is 0 Å². The van der Waals surface area contributed by atoms with E-state index in [0.717, 1.165) is 29.8 Å². The molecule has 2 atom stereocenters. The summed E-state index contributed by atoms with van der Waals surface area (Å²) in [6, 6.07) is 0.706. The van der Waals surface area contributed by atoms with Crippen molar-refractivity contribution in [2.24, 2.45) is 5.92 Å². The van der Waals surface area contributed by atoms with Gasteiger partial charge < -0.3 is 9.73 Å². The van der Waals surface area contributed by atoms with E-state index in [1.807, 2.05) is 13.8 Å². The Morgan fingerprint density at radius 1 is 1.47 bits per heavy atom. The van der Waals surface area contributed by atoms with E-state index < -0.39 is 0 Å². The van der Waals surface area contributed by atoms with E-state index in [-0.39, 0.29) is 0 Å². The second kappa shape index (κ2) is 4.35. The second-order valence-corrected chi connectivity index (χ2v) is 4.52. The number of aromatic nitrogens is 1. The first-order valence-corrected chi connectivity index (χ1v) is 5.87. The number of hydrogen-bond donors (Lipinski definition) is 1. The molecule has 84 valence electrons. The van der Waals surface area contributed by atoms with Crippen LogP contribution in [-0.2, 0) is 6.54 Å². The second-order valence-electron chi connectivity index (χ2n) is 4.52. The number of hydrogen-bond acceptors (Lipinski definition) is 3. The van der Waals surface area contributed by atoms with Crippen LogP contribution in [0.3, 0.4) is 0 Å². The Morgan fingerprint density at radius 2 is 2.27 bits per heavy atom. The Balaban J connectivity index is 1.75. The van der Waals surface area contributed by atoms with Crippen LogP contribution < -0.4 is 5.32 Å². The quantitative estimate of drug-likeness (QED) is 0.808. The van der Waals surface area contributed by atoms with Gasteiger partial charge in [-0.1, -0.05) is 13.3 Å². The molecule has 0 aromatic carbocycles. The van der Waals surface area contributed by atoms with Crippen molar-refractivity contribution in [2.45, 2.75) is 52.6 Å². The lowest BCUT2D eigenvalue weighted by molar-refractivity contribution is 0.443. The maximum absolute atomic E-state index is 5.51. The minimum absolute atomic E-state index is 0.706. The van der Waals surface area contributed by atoms with Gasteiger partial charge in [-0.2, -0.15) is 0 Å². The van der Waals surface area contributed by atoms with E-state index in [1.165, 1.54) is 19.3 Å². The molecule has 0 bridgehead atoms. The van der Waals surface area contributed by atoms with E-state index >= 15 is 0 Å². The summed E-state index contributed by atoms with van der Waals surface area (Å²) in [5, 5.41) is 3.49. The summed E-state index contributed by atoms with van der Waals surface area (Å²) >= 11 is 0. The summed E-state index contributed by atoms with van der Waals surface area (Å²) in [6.45, 7) is 6.97. The fourth-order valence-corrected chi connectivity index (χ4v) is 2.02. The third-order valence-corrected chi connectivity index (χ3v) is 3.17. The first-order valence-electron chi connectivity index (χ1n) is 5.87. The summed E-state index contributed by atoms with van der Waals surface area (Å²) in [5.74, 6) is 2.66. The SMILES string of the molecule is CCCC1CC1NCc1nc(C)c(C)o1. The van der Waals surface area contributed by atoms with Gasteiger partial charge in [0.15, 0.2) is 0 Å². The zero-order chi connectivity index (χ0) is 10.8. The van der Waals surface area contributed by atoms with E-state index in [2.05, 4.69) is 17.2 Å². The highest BCUT2D eigenvalue weighted by atomic mass is 16.4. The zero-order valence-corrected chi connectivity index (χ0v) is 9.84. The summed E-state index contributed by atoms with van der Waals surface area (Å²) in [4.78, 5) is 4.35. The summed E-state index contributed by atoms with van der Waals surface area (Å²) in [6.07, 6.45) is 3.97. The summed E-state index contributed by atoms with van der Waals surface area (Å²) in [5.41, 5.74) is 1.01. The zero-order valence-electron chi connectivity index (χ0n) is 9.84. The molecule has 0 aliphatic heterocycles. The van der Waals surface area contributed by atoms with Gasteiger partial charge in [-0.25, -0.2) is 4.98 Å². The highest BCUT2D eigenvalue weighted by molar-refractivity contribution is 5.05. The van der Waals surface area contributed by atoms with Crippen LogP contribution in [0.4, 0.5) is 0 Å². The molecule has 1 aliphatic rings. The number of rotatable bonds is 5. The van der Waals surface area contributed by atoms with Gasteiger partial charge in [-0.05, 0) is 32.6 Å². The Labute approximate surface area is 91.3 Å². The van der Waals surface area contributed by atoms with Gasteiger partial charge in [0, 0.05) is 6.04 Å². The molecule has 15 heavy (non-hydrogen) atoms. The van der Waals surface area contributed by atoms with Crippen LogP contribution in [0.15, 0.2) is 4.42 Å². The number of nitrogens with one attached hydrogen (secondary N) is 1. The lowest BCUT2D eigenvalue weighted by Crippen LogP contribution is -2.17. The van der Waals surface area contributed by atoms with Gasteiger partial charge in [-0.15, -0.1) is 0 Å². The van der Waals surface area contributed by atoms with E-state index in [0.29, 0.717) is 6.04 Å². The predicted octanol–water partition coefficient (Wildman–Crippen LogP) is 2.57. The summed E-state index contributed by atoms with van der Waals surface area (Å²) in [7, 11) is 0. The Hall–Kier alpha value is -0.830. The topological polar surface area (TPSA) is 38.1 Å². The van der Waals surface area contributed by atoms with Crippen LogP contribution in [0.25, 0.3) is 0 Å². The van der Waals surface area contributed by atoms with Gasteiger partial charge in [0.25, 0.3) is 0 Å². The molecule has 3 nitrogen and oxygen atoms in total. The molecule has 1 heterocycles. The lowest BCUT2D eigenvalue weighted by atomic mass is 10.2. The standard InChI is InChI=1S/C12H20N2O/c1-4-5-10-6-11(10)13-7-12-14-8(2)9(3)15-12/h10-11,13H,4-7H2,1-3H3. The van der Waals surface area contributed by atoms with Gasteiger partial charge in [0.1, 0.15) is 5.76 Å². The van der Waals surface area contributed by atoms with Crippen molar-refractivity contribution in [2.75, 3.05) is 0 Å². The third kappa shape index (κ3) is 2.59. The van der Waals surface area contributed by atoms with Crippen LogP contribution >= 0.6 is 0 Å². The van der Waals surface area contributed by atoms with Crippen molar-refractivity contribution in [1.82, 2.24) is 10.3 Å². The number of oxazole rings is 1. The Bertz CT molecular complexity index is 313. The first-order chi connectivity index (χ1) is 7.20. The summed E-state index contributed by atoms with van der Waals surface area (Å²) < 4.78 is 5.51. The minimum Gasteiger partial charge on any atom is -0.444 e. The molecule has 1 fully saturated rings. The van der Waals surface area contributed by atoms with Gasteiger partial charge in [0.05, 0.1) is 12.2 Å². The van der Waals surface area contributed by atoms with E-state index in [1.54, 1.807) is 0 Å². The molecule has 0 amide bonds. The molecule has 0 spiro atoms. The maximum Gasteiger partial charge on any atom is 0.208 e. The van der Waals surface area contributed by atoms with Crippen molar-refractivity contribution < 1.29 is 4.42 Å². The lowest BCUT2D eigenvalue weighted by Gasteiger charge is -1.99. The van der Waals surface area contributed by atoms with Crippen LogP contribution in [0.2, 0.25) is 0 Å². The minimum atomic E-state index is 0.706. The molecule has 0 saturated heterocycles. The smallest absolute Gasteiger partial charge is 0.208 e. The molecule has 1 aliphatic carbocycles. The van der Waals surface area contributed by atoms with Crippen LogP contribution in [-0.4, -0.2) is 11.0 Å². The van der Waals surface area contributed by atoms with Crippen LogP contribution in [0, 0.1) is 19.8 Å². The molecular formula is C12H20N2O. The fourth-order valence-electron chi connectivity index (χ4n) is 2.02. The van der Waals surface area contributed by atoms with Crippen molar-refractivity contribution in [3.63, 3.8) is 0 Å². The van der Waals surface area contributed by atoms with E-state index in [4.69, 9.17) is 4.42 Å². The van der Waals surface area contributed by atoms with Gasteiger partial charge >= 0.3 is 0 Å². The average molecular weight is 208 g/mol. The highest BCUT2D eigenvalue weighted by Crippen LogP contribution is 2.34. The largest absolute Gasteiger partial charge is 0.444 e. The molecule has 1 aromatic rings. The maximum atomic E-state index is 5.51. The number of aryl methyl sites for hydroxylation is 2. The normalized spacial score (nSPS) is 24.5. The van der Waals surface area contributed by atoms with E-state index in [9.17, 15) is 0 Å². The fraction of sp³-hybridized carbons (Fsp3) is 0.750. The van der Waals surface area contributed by atoms with Crippen molar-refractivity contribution >= 4 is 0 Å².